The summed E-state index contributed by atoms with van der Waals surface area (Å²) in [6.07, 6.45) is -5.43. The molecule has 0 bridgehead atoms. The molecule has 1 saturated carbocycles. The normalized spacial score (nSPS) is 30.9. The third-order valence-electron chi connectivity index (χ3n) is 3.93. The molecule has 1 fully saturated rings. The standard InChI is InChI=1S/C14H14F4O2S/c1-21-8-3-2-7(20-6-4-14(17,18)5-6)9-10(8)13(19)12(16)11(9)15/h2-3,6,11-13,19H,4-5H2,1H3. The van der Waals surface area contributed by atoms with E-state index in [2.05, 4.69) is 0 Å². The molecule has 0 heterocycles. The fourth-order valence-corrected chi connectivity index (χ4v) is 3.47. The van der Waals surface area contributed by atoms with E-state index >= 15 is 0 Å². The first-order valence-corrected chi connectivity index (χ1v) is 7.78. The molecule has 1 aromatic rings. The van der Waals surface area contributed by atoms with E-state index in [0.717, 1.165) is 0 Å². The van der Waals surface area contributed by atoms with Crippen LogP contribution in [0.25, 0.3) is 0 Å². The molecule has 0 amide bonds. The van der Waals surface area contributed by atoms with Crippen LogP contribution in [0.2, 0.25) is 0 Å². The van der Waals surface area contributed by atoms with Crippen LogP contribution in [0, 0.1) is 0 Å². The number of ether oxygens (including phenoxy) is 1. The number of halogens is 4. The lowest BCUT2D eigenvalue weighted by Gasteiger charge is -2.35. The van der Waals surface area contributed by atoms with Gasteiger partial charge in [-0.2, -0.15) is 0 Å². The van der Waals surface area contributed by atoms with Crippen LogP contribution in [0.1, 0.15) is 36.2 Å². The Bertz CT molecular complexity index is 558. The number of hydrogen-bond donors (Lipinski definition) is 1. The fraction of sp³-hybridized carbons (Fsp3) is 0.571. The van der Waals surface area contributed by atoms with Crippen molar-refractivity contribution in [2.75, 3.05) is 6.26 Å². The SMILES string of the molecule is CSc1ccc(OC2CC(F)(F)C2)c2c1C(O)C(F)C2F. The number of thioether (sulfide) groups is 1. The van der Waals surface area contributed by atoms with Gasteiger partial charge >= 0.3 is 0 Å². The van der Waals surface area contributed by atoms with Crippen molar-refractivity contribution >= 4 is 11.8 Å². The van der Waals surface area contributed by atoms with Gasteiger partial charge in [0.25, 0.3) is 5.92 Å². The van der Waals surface area contributed by atoms with Crippen LogP contribution < -0.4 is 4.74 Å². The first-order valence-electron chi connectivity index (χ1n) is 6.55. The smallest absolute Gasteiger partial charge is 0.255 e. The average Bonchev–Trinajstić information content (AvgIpc) is 2.63. The molecule has 0 aliphatic heterocycles. The van der Waals surface area contributed by atoms with Gasteiger partial charge in [-0.3, -0.25) is 0 Å². The van der Waals surface area contributed by atoms with Crippen molar-refractivity contribution in [1.82, 2.24) is 0 Å². The highest BCUT2D eigenvalue weighted by atomic mass is 32.2. The van der Waals surface area contributed by atoms with Gasteiger partial charge in [0.15, 0.2) is 12.3 Å². The molecule has 3 rings (SSSR count). The minimum atomic E-state index is -2.75. The summed E-state index contributed by atoms with van der Waals surface area (Å²) in [5, 5.41) is 9.84. The maximum atomic E-state index is 14.1. The Morgan fingerprint density at radius 1 is 1.24 bits per heavy atom. The summed E-state index contributed by atoms with van der Waals surface area (Å²) in [5.74, 6) is -2.69. The van der Waals surface area contributed by atoms with Crippen molar-refractivity contribution in [2.45, 2.75) is 48.2 Å². The van der Waals surface area contributed by atoms with E-state index < -0.39 is 43.3 Å². The predicted octanol–water partition coefficient (Wildman–Crippen LogP) is 3.98. The fourth-order valence-electron chi connectivity index (χ4n) is 2.81. The Hall–Kier alpha value is -0.950. The van der Waals surface area contributed by atoms with Gasteiger partial charge in [0.2, 0.25) is 0 Å². The molecule has 2 aliphatic rings. The van der Waals surface area contributed by atoms with Gasteiger partial charge in [-0.05, 0) is 18.4 Å². The minimum Gasteiger partial charge on any atom is -0.490 e. The van der Waals surface area contributed by atoms with E-state index in [1.807, 2.05) is 0 Å². The number of hydrogen-bond acceptors (Lipinski definition) is 3. The summed E-state index contributed by atoms with van der Waals surface area (Å²) < 4.78 is 58.9. The third kappa shape index (κ3) is 2.40. The zero-order valence-corrected chi connectivity index (χ0v) is 12.0. The maximum absolute atomic E-state index is 14.1. The third-order valence-corrected chi connectivity index (χ3v) is 4.72. The van der Waals surface area contributed by atoms with Gasteiger partial charge in [-0.1, -0.05) is 0 Å². The van der Waals surface area contributed by atoms with Gasteiger partial charge in [0.1, 0.15) is 18.0 Å². The molecule has 0 saturated heterocycles. The monoisotopic (exact) mass is 322 g/mol. The van der Waals surface area contributed by atoms with E-state index in [1.54, 1.807) is 12.3 Å². The van der Waals surface area contributed by atoms with Crippen LogP contribution in [0.3, 0.4) is 0 Å². The molecule has 2 aliphatic carbocycles. The summed E-state index contributed by atoms with van der Waals surface area (Å²) in [6.45, 7) is 0. The number of alkyl halides is 4. The molecule has 2 nitrogen and oxygen atoms in total. The Balaban J connectivity index is 1.93. The molecule has 0 radical (unpaired) electrons. The lowest BCUT2D eigenvalue weighted by Crippen LogP contribution is -2.43. The topological polar surface area (TPSA) is 29.5 Å². The summed E-state index contributed by atoms with van der Waals surface area (Å²) in [4.78, 5) is 0.562. The van der Waals surface area contributed by atoms with Crippen LogP contribution in [-0.4, -0.2) is 29.6 Å². The highest BCUT2D eigenvalue weighted by molar-refractivity contribution is 7.98. The lowest BCUT2D eigenvalue weighted by molar-refractivity contribution is -0.134. The highest BCUT2D eigenvalue weighted by Crippen LogP contribution is 2.51. The zero-order chi connectivity index (χ0) is 15.4. The number of aliphatic hydroxyl groups is 1. The molecule has 3 atom stereocenters. The van der Waals surface area contributed by atoms with Crippen molar-refractivity contribution in [2.24, 2.45) is 0 Å². The van der Waals surface area contributed by atoms with E-state index in [-0.39, 0.29) is 16.9 Å². The largest absolute Gasteiger partial charge is 0.490 e. The molecule has 1 N–H and O–H groups in total. The molecular formula is C14H14F4O2S. The molecule has 116 valence electrons. The van der Waals surface area contributed by atoms with E-state index in [4.69, 9.17) is 4.74 Å². The number of aliphatic hydroxyl groups excluding tert-OH is 1. The lowest BCUT2D eigenvalue weighted by atomic mass is 9.91. The Morgan fingerprint density at radius 3 is 2.48 bits per heavy atom. The van der Waals surface area contributed by atoms with Gasteiger partial charge in [0.05, 0.1) is 0 Å². The summed E-state index contributed by atoms with van der Waals surface area (Å²) in [7, 11) is 0. The molecule has 1 aromatic carbocycles. The molecular weight excluding hydrogens is 308 g/mol. The second-order valence-electron chi connectivity index (χ2n) is 5.39. The average molecular weight is 322 g/mol. The summed E-state index contributed by atoms with van der Waals surface area (Å²) >= 11 is 1.26. The van der Waals surface area contributed by atoms with Crippen molar-refractivity contribution in [1.29, 1.82) is 0 Å². The van der Waals surface area contributed by atoms with Crippen LogP contribution in [0.15, 0.2) is 17.0 Å². The second-order valence-corrected chi connectivity index (χ2v) is 6.24. The molecule has 21 heavy (non-hydrogen) atoms. The van der Waals surface area contributed by atoms with Crippen LogP contribution >= 0.6 is 11.8 Å². The molecule has 3 unspecified atom stereocenters. The van der Waals surface area contributed by atoms with E-state index in [1.165, 1.54) is 17.8 Å². The Kier molecular flexibility index (Phi) is 3.60. The van der Waals surface area contributed by atoms with Crippen molar-refractivity contribution in [3.63, 3.8) is 0 Å². The Morgan fingerprint density at radius 2 is 1.90 bits per heavy atom. The predicted molar refractivity (Wildman–Crippen MR) is 70.5 cm³/mol. The van der Waals surface area contributed by atoms with Crippen molar-refractivity contribution < 1.29 is 27.4 Å². The van der Waals surface area contributed by atoms with Crippen molar-refractivity contribution in [3.05, 3.63) is 23.3 Å². The first kappa shape index (κ1) is 15.0. The number of benzene rings is 1. The Labute approximate surface area is 123 Å². The zero-order valence-electron chi connectivity index (χ0n) is 11.2. The highest BCUT2D eigenvalue weighted by Gasteiger charge is 2.49. The van der Waals surface area contributed by atoms with Gasteiger partial charge in [0, 0.05) is 28.9 Å². The van der Waals surface area contributed by atoms with Crippen molar-refractivity contribution in [3.8, 4) is 5.75 Å². The van der Waals surface area contributed by atoms with Gasteiger partial charge < -0.3 is 9.84 Å². The van der Waals surface area contributed by atoms with Crippen LogP contribution in [0.4, 0.5) is 17.6 Å². The van der Waals surface area contributed by atoms with Crippen LogP contribution in [-0.2, 0) is 0 Å². The van der Waals surface area contributed by atoms with Gasteiger partial charge in [-0.15, -0.1) is 11.8 Å². The quantitative estimate of drug-likeness (QED) is 0.674. The van der Waals surface area contributed by atoms with Gasteiger partial charge in [-0.25, -0.2) is 17.6 Å². The second kappa shape index (κ2) is 5.05. The van der Waals surface area contributed by atoms with E-state index in [9.17, 15) is 22.7 Å². The molecule has 0 aromatic heterocycles. The first-order chi connectivity index (χ1) is 9.84. The maximum Gasteiger partial charge on any atom is 0.255 e. The minimum absolute atomic E-state index is 0.0444. The number of rotatable bonds is 3. The van der Waals surface area contributed by atoms with E-state index in [0.29, 0.717) is 4.90 Å². The summed E-state index contributed by atoms with van der Waals surface area (Å²) in [5.41, 5.74) is 0.128. The van der Waals surface area contributed by atoms with Crippen LogP contribution in [0.5, 0.6) is 5.75 Å². The molecule has 0 spiro atoms. The number of fused-ring (bicyclic) bond motifs is 1. The molecule has 7 heteroatoms. The summed E-state index contributed by atoms with van der Waals surface area (Å²) in [6, 6.07) is 3.04.